The van der Waals surface area contributed by atoms with Gasteiger partial charge in [0.2, 0.25) is 5.89 Å². The Morgan fingerprint density at radius 1 is 1.25 bits per heavy atom. The highest BCUT2D eigenvalue weighted by molar-refractivity contribution is 5.21. The molecule has 4 nitrogen and oxygen atoms in total. The highest BCUT2D eigenvalue weighted by Crippen LogP contribution is 2.22. The Morgan fingerprint density at radius 2 is 2.05 bits per heavy atom. The van der Waals surface area contributed by atoms with Gasteiger partial charge in [-0.3, -0.25) is 0 Å². The Morgan fingerprint density at radius 3 is 2.75 bits per heavy atom. The van der Waals surface area contributed by atoms with Crippen LogP contribution in [0.15, 0.2) is 22.7 Å². The summed E-state index contributed by atoms with van der Waals surface area (Å²) >= 11 is 0. The summed E-state index contributed by atoms with van der Waals surface area (Å²) in [7, 11) is 0. The molecule has 0 amide bonds. The lowest BCUT2D eigenvalue weighted by Gasteiger charge is -2.18. The van der Waals surface area contributed by atoms with Crippen LogP contribution in [0.5, 0.6) is 0 Å². The monoisotopic (exact) mass is 279 g/mol. The third-order valence-corrected chi connectivity index (χ3v) is 3.41. The summed E-state index contributed by atoms with van der Waals surface area (Å²) in [5, 5.41) is 7.17. The summed E-state index contributed by atoms with van der Waals surface area (Å²) in [5.74, 6) is 0.0919. The molecule has 3 rings (SSSR count). The van der Waals surface area contributed by atoms with Crippen molar-refractivity contribution in [1.82, 2.24) is 15.5 Å². The van der Waals surface area contributed by atoms with Gasteiger partial charge in [-0.25, -0.2) is 8.78 Å². The van der Waals surface area contributed by atoms with E-state index in [4.69, 9.17) is 4.52 Å². The SMILES string of the molecule is Fc1cc(F)cc(Cc2noc([C@@H]3CCCNC3)n2)c1. The molecular formula is C14H15F2N3O. The summed E-state index contributed by atoms with van der Waals surface area (Å²) in [4.78, 5) is 4.33. The van der Waals surface area contributed by atoms with Crippen LogP contribution in [0.1, 0.15) is 36.0 Å². The fourth-order valence-electron chi connectivity index (χ4n) is 2.46. The van der Waals surface area contributed by atoms with Crippen LogP contribution in [0.3, 0.4) is 0 Å². The van der Waals surface area contributed by atoms with Crippen LogP contribution in [-0.2, 0) is 6.42 Å². The van der Waals surface area contributed by atoms with Gasteiger partial charge in [0.15, 0.2) is 5.82 Å². The van der Waals surface area contributed by atoms with Crippen molar-refractivity contribution < 1.29 is 13.3 Å². The van der Waals surface area contributed by atoms with Crippen LogP contribution in [0.4, 0.5) is 8.78 Å². The summed E-state index contributed by atoms with van der Waals surface area (Å²) < 4.78 is 31.5. The van der Waals surface area contributed by atoms with Crippen molar-refractivity contribution in [2.75, 3.05) is 13.1 Å². The molecule has 2 heterocycles. The summed E-state index contributed by atoms with van der Waals surface area (Å²) in [6, 6.07) is 3.40. The molecule has 0 bridgehead atoms. The number of benzene rings is 1. The van der Waals surface area contributed by atoms with Crippen molar-refractivity contribution in [3.63, 3.8) is 0 Å². The van der Waals surface area contributed by atoms with Gasteiger partial charge in [0.05, 0.1) is 5.92 Å². The Labute approximate surface area is 115 Å². The minimum Gasteiger partial charge on any atom is -0.339 e. The summed E-state index contributed by atoms with van der Waals surface area (Å²) in [6.07, 6.45) is 2.36. The minimum atomic E-state index is -0.597. The third-order valence-electron chi connectivity index (χ3n) is 3.41. The van der Waals surface area contributed by atoms with Gasteiger partial charge in [-0.1, -0.05) is 5.16 Å². The Kier molecular flexibility index (Phi) is 3.73. The highest BCUT2D eigenvalue weighted by Gasteiger charge is 2.21. The van der Waals surface area contributed by atoms with Gasteiger partial charge in [0.25, 0.3) is 0 Å². The molecule has 106 valence electrons. The first-order chi connectivity index (χ1) is 9.70. The van der Waals surface area contributed by atoms with E-state index in [1.165, 1.54) is 12.1 Å². The van der Waals surface area contributed by atoms with Crippen molar-refractivity contribution in [2.45, 2.75) is 25.2 Å². The van der Waals surface area contributed by atoms with Gasteiger partial charge in [0.1, 0.15) is 11.6 Å². The zero-order valence-corrected chi connectivity index (χ0v) is 10.9. The molecule has 1 atom stereocenters. The molecule has 1 aliphatic rings. The number of halogens is 2. The zero-order valence-electron chi connectivity index (χ0n) is 10.9. The minimum absolute atomic E-state index is 0.231. The maximum Gasteiger partial charge on any atom is 0.231 e. The van der Waals surface area contributed by atoms with E-state index in [1.54, 1.807) is 0 Å². The molecule has 1 fully saturated rings. The van der Waals surface area contributed by atoms with E-state index in [0.717, 1.165) is 32.0 Å². The smallest absolute Gasteiger partial charge is 0.231 e. The van der Waals surface area contributed by atoms with Crippen molar-refractivity contribution in [2.24, 2.45) is 0 Å². The predicted octanol–water partition coefficient (Wildman–Crippen LogP) is 2.41. The first-order valence-corrected chi connectivity index (χ1v) is 6.69. The molecule has 0 unspecified atom stereocenters. The molecule has 2 aromatic rings. The molecule has 0 saturated carbocycles. The van der Waals surface area contributed by atoms with Crippen molar-refractivity contribution >= 4 is 0 Å². The number of hydrogen-bond donors (Lipinski definition) is 1. The topological polar surface area (TPSA) is 51.0 Å². The van der Waals surface area contributed by atoms with Gasteiger partial charge < -0.3 is 9.84 Å². The van der Waals surface area contributed by atoms with Gasteiger partial charge in [-0.05, 0) is 37.1 Å². The molecule has 6 heteroatoms. The quantitative estimate of drug-likeness (QED) is 0.937. The molecule has 0 spiro atoms. The molecule has 0 radical (unpaired) electrons. The van der Waals surface area contributed by atoms with E-state index in [2.05, 4.69) is 15.5 Å². The third kappa shape index (κ3) is 3.01. The molecule has 1 aliphatic heterocycles. The van der Waals surface area contributed by atoms with Crippen LogP contribution >= 0.6 is 0 Å². The van der Waals surface area contributed by atoms with E-state index in [-0.39, 0.29) is 12.3 Å². The highest BCUT2D eigenvalue weighted by atomic mass is 19.1. The van der Waals surface area contributed by atoms with E-state index >= 15 is 0 Å². The lowest BCUT2D eigenvalue weighted by atomic mass is 10.00. The lowest BCUT2D eigenvalue weighted by Crippen LogP contribution is -2.28. The lowest BCUT2D eigenvalue weighted by molar-refractivity contribution is 0.320. The molecule has 20 heavy (non-hydrogen) atoms. The Balaban J connectivity index is 1.73. The number of piperidine rings is 1. The number of hydrogen-bond acceptors (Lipinski definition) is 4. The molecule has 1 aromatic carbocycles. The first-order valence-electron chi connectivity index (χ1n) is 6.69. The maximum absolute atomic E-state index is 13.1. The molecule has 1 N–H and O–H groups in total. The second kappa shape index (κ2) is 5.66. The van der Waals surface area contributed by atoms with Gasteiger partial charge in [-0.2, -0.15) is 4.98 Å². The number of aromatic nitrogens is 2. The second-order valence-corrected chi connectivity index (χ2v) is 5.05. The van der Waals surface area contributed by atoms with Gasteiger partial charge in [-0.15, -0.1) is 0 Å². The van der Waals surface area contributed by atoms with Crippen LogP contribution in [0, 0.1) is 11.6 Å². The number of rotatable bonds is 3. The predicted molar refractivity (Wildman–Crippen MR) is 68.3 cm³/mol. The van der Waals surface area contributed by atoms with E-state index in [1.807, 2.05) is 0 Å². The van der Waals surface area contributed by atoms with Crippen LogP contribution in [0.2, 0.25) is 0 Å². The van der Waals surface area contributed by atoms with E-state index in [0.29, 0.717) is 17.3 Å². The average Bonchev–Trinajstić information content (AvgIpc) is 2.87. The molecule has 1 aromatic heterocycles. The molecule has 1 saturated heterocycles. The van der Waals surface area contributed by atoms with Gasteiger partial charge >= 0.3 is 0 Å². The fraction of sp³-hybridized carbons (Fsp3) is 0.429. The van der Waals surface area contributed by atoms with Crippen LogP contribution in [-0.4, -0.2) is 23.2 Å². The van der Waals surface area contributed by atoms with Crippen LogP contribution < -0.4 is 5.32 Å². The van der Waals surface area contributed by atoms with Crippen molar-refractivity contribution in [1.29, 1.82) is 0 Å². The largest absolute Gasteiger partial charge is 0.339 e. The number of nitrogens with zero attached hydrogens (tertiary/aromatic N) is 2. The normalized spacial score (nSPS) is 19.2. The van der Waals surface area contributed by atoms with E-state index in [9.17, 15) is 8.78 Å². The molecule has 0 aliphatic carbocycles. The summed E-state index contributed by atoms with van der Waals surface area (Å²) in [5.41, 5.74) is 0.497. The fourth-order valence-corrected chi connectivity index (χ4v) is 2.46. The van der Waals surface area contributed by atoms with Gasteiger partial charge in [0, 0.05) is 19.0 Å². The average molecular weight is 279 g/mol. The van der Waals surface area contributed by atoms with Crippen LogP contribution in [0.25, 0.3) is 0 Å². The summed E-state index contributed by atoms with van der Waals surface area (Å²) in [6.45, 7) is 1.84. The van der Waals surface area contributed by atoms with E-state index < -0.39 is 11.6 Å². The standard InChI is InChI=1S/C14H15F2N3O/c15-11-4-9(5-12(16)7-11)6-13-18-14(20-19-13)10-2-1-3-17-8-10/h4-5,7,10,17H,1-3,6,8H2/t10-/m1/s1. The van der Waals surface area contributed by atoms with Crippen molar-refractivity contribution in [3.8, 4) is 0 Å². The Bertz CT molecular complexity index is 574. The van der Waals surface area contributed by atoms with Crippen molar-refractivity contribution in [3.05, 3.63) is 47.1 Å². The first kappa shape index (κ1) is 13.2. The zero-order chi connectivity index (χ0) is 13.9. The Hall–Kier alpha value is -1.82. The second-order valence-electron chi connectivity index (χ2n) is 5.05. The number of nitrogens with one attached hydrogen (secondary N) is 1. The molecular weight excluding hydrogens is 264 g/mol. The maximum atomic E-state index is 13.1.